The van der Waals surface area contributed by atoms with E-state index in [4.69, 9.17) is 32.7 Å². The second kappa shape index (κ2) is 24.5. The molecule has 2 aromatic carbocycles. The van der Waals surface area contributed by atoms with Crippen LogP contribution in [0.4, 0.5) is 25.2 Å². The third kappa shape index (κ3) is 26.4. The van der Waals surface area contributed by atoms with Crippen LogP contribution < -0.4 is 5.32 Å². The number of benzene rings is 2. The first-order valence-electron chi connectivity index (χ1n) is 23.2. The Balaban J connectivity index is 0.000000326. The van der Waals surface area contributed by atoms with E-state index in [9.17, 15) is 25.2 Å². The summed E-state index contributed by atoms with van der Waals surface area (Å²) in [6, 6.07) is 21.5. The Bertz CT molecular complexity index is 2160. The van der Waals surface area contributed by atoms with Gasteiger partial charge >= 0.3 is 33.0 Å². The van der Waals surface area contributed by atoms with E-state index in [-0.39, 0.29) is 21.7 Å². The summed E-state index contributed by atoms with van der Waals surface area (Å²) >= 11 is 12.3. The minimum atomic E-state index is -10.7. The summed E-state index contributed by atoms with van der Waals surface area (Å²) in [4.78, 5) is 26.3. The Morgan fingerprint density at radius 2 is 0.657 bits per heavy atom. The quantitative estimate of drug-likeness (QED) is 0.162. The molecule has 2 N–H and O–H groups in total. The molecule has 0 fully saturated rings. The molecule has 1 aliphatic heterocycles. The van der Waals surface area contributed by atoms with Crippen LogP contribution in [0.5, 0.6) is 0 Å². The standard InChI is InChI=1S/C30H47N.C22H24Cl2N6O2.F6P/c1-27(2,3)23-13-21(14-24(17-23)28(4,5)6)19-31-20-22-15-25(29(7,8)9)18-26(16-22)30(10,11)12;23-17-9-19-13-25-1-5-31-6-2-26-15-21-11-18(24)12-22(30-21)16-28-4-8-32-7-3-27-14-20(10-17)29-19;1-7(2,3,4,5)6/h13-18,31H,19-20H2,1-12H3;9-16H,1-8H2;/q;;-1/p+1. The first-order chi connectivity index (χ1) is 32.0. The monoisotopic (exact) mass is 1040 g/mol. The molecule has 1 aliphatic rings. The molecule has 3 heterocycles. The number of pyridine rings is 2. The van der Waals surface area contributed by atoms with Gasteiger partial charge in [-0.1, -0.05) is 118 Å². The molecule has 0 amide bonds. The Morgan fingerprint density at radius 1 is 0.429 bits per heavy atom. The fourth-order valence-corrected chi connectivity index (χ4v) is 6.85. The van der Waals surface area contributed by atoms with Gasteiger partial charge in [0.2, 0.25) is 0 Å². The number of quaternary nitrogens is 1. The Morgan fingerprint density at radius 3 is 0.871 bits per heavy atom. The van der Waals surface area contributed by atoms with Crippen molar-refractivity contribution in [3.05, 3.63) is 127 Å². The van der Waals surface area contributed by atoms with E-state index >= 15 is 0 Å². The van der Waals surface area contributed by atoms with Crippen molar-refractivity contribution in [2.45, 2.75) is 118 Å². The predicted molar refractivity (Wildman–Crippen MR) is 281 cm³/mol. The molecule has 70 heavy (non-hydrogen) atoms. The zero-order valence-corrected chi connectivity index (χ0v) is 45.1. The van der Waals surface area contributed by atoms with Gasteiger partial charge in [-0.2, -0.15) is 0 Å². The first kappa shape index (κ1) is 60.2. The first-order valence-corrected chi connectivity index (χ1v) is 26.0. The van der Waals surface area contributed by atoms with Crippen molar-refractivity contribution in [3.8, 4) is 0 Å². The fraction of sp³-hybridized carbons (Fsp3) is 0.500. The Labute approximate surface area is 421 Å². The van der Waals surface area contributed by atoms with E-state index in [0.29, 0.717) is 85.4 Å². The summed E-state index contributed by atoms with van der Waals surface area (Å²) < 4.78 is 70.3. The number of aliphatic imine (C=N–C) groups is 4. The van der Waals surface area contributed by atoms with Crippen LogP contribution in [0.3, 0.4) is 0 Å². The molecule has 0 unspecified atom stereocenters. The zero-order chi connectivity index (χ0) is 52.7. The Kier molecular flexibility index (Phi) is 21.1. The molecule has 0 radical (unpaired) electrons. The van der Waals surface area contributed by atoms with Crippen LogP contribution in [0.2, 0.25) is 10.0 Å². The predicted octanol–water partition coefficient (Wildman–Crippen LogP) is 13.7. The van der Waals surface area contributed by atoms with Gasteiger partial charge in [-0.05, 0) is 92.4 Å². The van der Waals surface area contributed by atoms with Gasteiger partial charge in [0.15, 0.2) is 0 Å². The van der Waals surface area contributed by atoms with Crippen molar-refractivity contribution in [2.75, 3.05) is 52.6 Å². The summed E-state index contributed by atoms with van der Waals surface area (Å²) in [5, 5.41) is 3.61. The number of hydrogen-bond donors (Lipinski definition) is 1. The summed E-state index contributed by atoms with van der Waals surface area (Å²) in [6.07, 6.45) is 6.70. The summed E-state index contributed by atoms with van der Waals surface area (Å²) in [6.45, 7) is 33.8. The van der Waals surface area contributed by atoms with E-state index in [2.05, 4.69) is 155 Å². The average Bonchev–Trinajstić information content (AvgIpc) is 3.19. The van der Waals surface area contributed by atoms with Crippen LogP contribution in [-0.4, -0.2) is 87.4 Å². The molecule has 5 rings (SSSR count). The fourth-order valence-electron chi connectivity index (χ4n) is 6.40. The summed E-state index contributed by atoms with van der Waals surface area (Å²) in [5.41, 5.74) is 11.9. The van der Waals surface area contributed by atoms with Gasteiger partial charge in [0, 0.05) is 46.0 Å². The summed E-state index contributed by atoms with van der Waals surface area (Å²) in [7, 11) is -10.7. The van der Waals surface area contributed by atoms with E-state index in [1.165, 1.54) is 33.4 Å². The van der Waals surface area contributed by atoms with Crippen molar-refractivity contribution in [2.24, 2.45) is 20.0 Å². The molecule has 0 aliphatic carbocycles. The molecule has 0 spiro atoms. The molecule has 388 valence electrons. The topological polar surface area (TPSA) is 110 Å². The van der Waals surface area contributed by atoms with Crippen LogP contribution >= 0.6 is 31.0 Å². The van der Waals surface area contributed by atoms with Gasteiger partial charge in [-0.25, -0.2) is 9.97 Å². The van der Waals surface area contributed by atoms with Crippen molar-refractivity contribution < 1.29 is 40.0 Å². The molecule has 9 nitrogen and oxygen atoms in total. The molecule has 4 bridgehead atoms. The number of nitrogens with two attached hydrogens (primary N) is 1. The van der Waals surface area contributed by atoms with Crippen LogP contribution in [0.15, 0.2) is 80.6 Å². The third-order valence-corrected chi connectivity index (χ3v) is 10.7. The van der Waals surface area contributed by atoms with Gasteiger partial charge in [-0.15, -0.1) is 0 Å². The molecule has 0 saturated heterocycles. The Hall–Kier alpha value is -4.11. The number of ether oxygens (including phenoxy) is 2. The van der Waals surface area contributed by atoms with Gasteiger partial charge in [0.05, 0.1) is 75.4 Å². The third-order valence-electron chi connectivity index (χ3n) is 10.2. The number of halogens is 8. The van der Waals surface area contributed by atoms with E-state index in [0.717, 1.165) is 13.1 Å². The second-order valence-corrected chi connectivity index (χ2v) is 23.9. The number of hydrogen-bond acceptors (Lipinski definition) is 8. The molecule has 0 saturated carbocycles. The van der Waals surface area contributed by atoms with Gasteiger partial charge in [-0.3, -0.25) is 20.0 Å². The molecule has 18 heteroatoms. The van der Waals surface area contributed by atoms with Crippen LogP contribution in [0, 0.1) is 0 Å². The summed E-state index contributed by atoms with van der Waals surface area (Å²) in [5.74, 6) is 0. The molecule has 4 aromatic rings. The number of nitrogens with zero attached hydrogens (tertiary/aromatic N) is 6. The van der Waals surface area contributed by atoms with Crippen molar-refractivity contribution >= 4 is 55.9 Å². The minimum absolute atomic E-state index is 0.165. The maximum atomic E-state index is 9.87. The zero-order valence-electron chi connectivity index (χ0n) is 42.7. The normalized spacial score (nSPS) is 15.9. The maximum absolute atomic E-state index is 10.7. The number of fused-ring (bicyclic) bond motifs is 4. The van der Waals surface area contributed by atoms with Crippen LogP contribution in [0.25, 0.3) is 0 Å². The molecular formula is C52H72Cl2F6N7O2P. The van der Waals surface area contributed by atoms with Crippen LogP contribution in [0.1, 0.15) is 139 Å². The van der Waals surface area contributed by atoms with Crippen LogP contribution in [-0.2, 0) is 44.2 Å². The van der Waals surface area contributed by atoms with Crippen molar-refractivity contribution in [3.63, 3.8) is 0 Å². The van der Waals surface area contributed by atoms with E-state index in [1.807, 2.05) is 0 Å². The molecular weight excluding hydrogens is 970 g/mol. The average molecular weight is 1040 g/mol. The van der Waals surface area contributed by atoms with E-state index < -0.39 is 7.81 Å². The van der Waals surface area contributed by atoms with Gasteiger partial charge < -0.3 is 14.8 Å². The van der Waals surface area contributed by atoms with Gasteiger partial charge in [0.1, 0.15) is 13.1 Å². The number of aromatic nitrogens is 2. The SMILES string of the molecule is CC(C)(C)c1cc(C[NH2+]Cc2cc(C(C)(C)C)cc(C(C)(C)C)c2)cc(C(C)(C)C)c1.Clc1cc2nc(c1)C=NCCOCCN=Cc1cc(Cl)cc(n1)C=NCCOCCN=C2.F[P-](F)(F)(F)(F)F. The van der Waals surface area contributed by atoms with Crippen molar-refractivity contribution in [1.29, 1.82) is 0 Å². The molecule has 2 aromatic heterocycles. The van der Waals surface area contributed by atoms with Crippen molar-refractivity contribution in [1.82, 2.24) is 9.97 Å². The second-order valence-electron chi connectivity index (χ2n) is 21.1. The van der Waals surface area contributed by atoms with E-state index in [1.54, 1.807) is 49.1 Å². The molecule has 0 atom stereocenters. The van der Waals surface area contributed by atoms with Gasteiger partial charge in [0.25, 0.3) is 0 Å². The number of rotatable bonds is 4.